The molecule has 0 aliphatic heterocycles. The normalized spacial score (nSPS) is 10.8. The van der Waals surface area contributed by atoms with Crippen molar-refractivity contribution in [2.75, 3.05) is 0 Å². The van der Waals surface area contributed by atoms with Crippen LogP contribution in [-0.2, 0) is 6.54 Å². The maximum absolute atomic E-state index is 4.27. The van der Waals surface area contributed by atoms with Crippen LogP contribution >= 0.6 is 0 Å². The minimum atomic E-state index is 0.717. The summed E-state index contributed by atoms with van der Waals surface area (Å²) in [5, 5.41) is 5.12. The highest BCUT2D eigenvalue weighted by Crippen LogP contribution is 2.10. The van der Waals surface area contributed by atoms with Gasteiger partial charge in [0.15, 0.2) is 5.65 Å². The molecule has 0 amide bonds. The molecule has 0 aliphatic carbocycles. The molecule has 4 heteroatoms. The van der Waals surface area contributed by atoms with Gasteiger partial charge in [-0.15, -0.1) is 0 Å². The average molecular weight is 209 g/mol. The van der Waals surface area contributed by atoms with E-state index in [9.17, 15) is 0 Å². The van der Waals surface area contributed by atoms with E-state index in [1.54, 1.807) is 6.20 Å². The van der Waals surface area contributed by atoms with Crippen LogP contribution in [0.3, 0.4) is 0 Å². The number of rotatable bonds is 2. The summed E-state index contributed by atoms with van der Waals surface area (Å²) in [5.74, 6) is 0. The van der Waals surface area contributed by atoms with E-state index in [1.165, 1.54) is 11.9 Å². The zero-order chi connectivity index (χ0) is 10.8. The highest BCUT2D eigenvalue weighted by molar-refractivity contribution is 5.72. The Labute approximate surface area is 92.6 Å². The van der Waals surface area contributed by atoms with Crippen LogP contribution in [0, 0.1) is 6.20 Å². The number of benzene rings is 1. The van der Waals surface area contributed by atoms with E-state index < -0.39 is 0 Å². The van der Waals surface area contributed by atoms with Crippen LogP contribution in [0.25, 0.3) is 11.0 Å². The Kier molecular flexibility index (Phi) is 2.11. The van der Waals surface area contributed by atoms with Crippen LogP contribution in [0.2, 0.25) is 0 Å². The molecule has 0 saturated carbocycles. The second kappa shape index (κ2) is 3.73. The van der Waals surface area contributed by atoms with E-state index >= 15 is 0 Å². The zero-order valence-electron chi connectivity index (χ0n) is 8.54. The van der Waals surface area contributed by atoms with Gasteiger partial charge in [0.1, 0.15) is 12.5 Å². The zero-order valence-corrected chi connectivity index (χ0v) is 8.54. The molecular formula is C12H9N4. The van der Waals surface area contributed by atoms with Crippen molar-refractivity contribution in [2.45, 2.75) is 6.54 Å². The van der Waals surface area contributed by atoms with Gasteiger partial charge in [-0.1, -0.05) is 30.3 Å². The number of aromatic nitrogens is 4. The molecule has 3 aromatic rings. The first kappa shape index (κ1) is 9.03. The first-order chi connectivity index (χ1) is 7.93. The highest BCUT2D eigenvalue weighted by atomic mass is 15.3. The quantitative estimate of drug-likeness (QED) is 0.645. The molecule has 3 rings (SSSR count). The SMILES string of the molecule is [c]1ncnc2c1cnn2Cc1ccccc1. The molecule has 2 heterocycles. The van der Waals surface area contributed by atoms with Crippen molar-refractivity contribution in [3.63, 3.8) is 0 Å². The fourth-order valence-corrected chi connectivity index (χ4v) is 1.65. The highest BCUT2D eigenvalue weighted by Gasteiger charge is 2.03. The predicted molar refractivity (Wildman–Crippen MR) is 59.7 cm³/mol. The minimum Gasteiger partial charge on any atom is -0.243 e. The Morgan fingerprint density at radius 3 is 2.94 bits per heavy atom. The number of hydrogen-bond acceptors (Lipinski definition) is 3. The molecule has 0 fully saturated rings. The molecule has 4 nitrogen and oxygen atoms in total. The minimum absolute atomic E-state index is 0.717. The fraction of sp³-hybridized carbons (Fsp3) is 0.0833. The first-order valence-electron chi connectivity index (χ1n) is 5.01. The first-order valence-corrected chi connectivity index (χ1v) is 5.01. The largest absolute Gasteiger partial charge is 0.243 e. The summed E-state index contributed by atoms with van der Waals surface area (Å²) in [6.07, 6.45) is 6.09. The molecule has 1 radical (unpaired) electrons. The third kappa shape index (κ3) is 1.54. The summed E-state index contributed by atoms with van der Waals surface area (Å²) in [5.41, 5.74) is 2.02. The lowest BCUT2D eigenvalue weighted by atomic mass is 10.2. The van der Waals surface area contributed by atoms with E-state index in [0.717, 1.165) is 17.6 Å². The lowest BCUT2D eigenvalue weighted by Crippen LogP contribution is -2.02. The van der Waals surface area contributed by atoms with Crippen molar-refractivity contribution in [2.24, 2.45) is 0 Å². The maximum Gasteiger partial charge on any atom is 0.162 e. The van der Waals surface area contributed by atoms with Crippen molar-refractivity contribution in [3.05, 3.63) is 54.6 Å². The topological polar surface area (TPSA) is 43.6 Å². The summed E-state index contributed by atoms with van der Waals surface area (Å²) < 4.78 is 1.85. The van der Waals surface area contributed by atoms with Crippen LogP contribution in [0.5, 0.6) is 0 Å². The number of hydrogen-bond donors (Lipinski definition) is 0. The molecule has 0 N–H and O–H groups in total. The Bertz CT molecular complexity index is 600. The standard InChI is InChI=1S/C12H9N4/c1-2-4-10(5-3-1)8-16-12-11(7-15-16)6-13-9-14-12/h1-5,7,9H,8H2. The van der Waals surface area contributed by atoms with Gasteiger partial charge in [0, 0.05) is 0 Å². The van der Waals surface area contributed by atoms with E-state index in [0.29, 0.717) is 0 Å². The Morgan fingerprint density at radius 1 is 1.19 bits per heavy atom. The van der Waals surface area contributed by atoms with Crippen molar-refractivity contribution in [1.82, 2.24) is 19.7 Å². The van der Waals surface area contributed by atoms with Crippen molar-refractivity contribution < 1.29 is 0 Å². The van der Waals surface area contributed by atoms with Gasteiger partial charge in [0.2, 0.25) is 0 Å². The smallest absolute Gasteiger partial charge is 0.162 e. The predicted octanol–water partition coefficient (Wildman–Crippen LogP) is 1.67. The maximum atomic E-state index is 4.27. The second-order valence-corrected chi connectivity index (χ2v) is 3.51. The summed E-state index contributed by atoms with van der Waals surface area (Å²) in [4.78, 5) is 8.04. The van der Waals surface area contributed by atoms with Gasteiger partial charge in [-0.2, -0.15) is 5.10 Å². The Hall–Kier alpha value is -2.23. The van der Waals surface area contributed by atoms with Gasteiger partial charge in [-0.25, -0.2) is 14.6 Å². The molecular weight excluding hydrogens is 200 g/mol. The molecule has 0 saturated heterocycles. The molecule has 0 aliphatic rings. The van der Waals surface area contributed by atoms with E-state index in [4.69, 9.17) is 0 Å². The van der Waals surface area contributed by atoms with Gasteiger partial charge < -0.3 is 0 Å². The van der Waals surface area contributed by atoms with Gasteiger partial charge in [-0.3, -0.25) is 0 Å². The molecule has 16 heavy (non-hydrogen) atoms. The molecule has 1 aromatic carbocycles. The summed E-state index contributed by atoms with van der Waals surface area (Å²) >= 11 is 0. The molecule has 77 valence electrons. The molecule has 0 bridgehead atoms. The lowest BCUT2D eigenvalue weighted by molar-refractivity contribution is 0.703. The van der Waals surface area contributed by atoms with Gasteiger partial charge >= 0.3 is 0 Å². The molecule has 0 unspecified atom stereocenters. The molecule has 0 spiro atoms. The van der Waals surface area contributed by atoms with Crippen molar-refractivity contribution in [3.8, 4) is 0 Å². The fourth-order valence-electron chi connectivity index (χ4n) is 1.65. The van der Waals surface area contributed by atoms with Crippen LogP contribution in [0.1, 0.15) is 5.56 Å². The van der Waals surface area contributed by atoms with Gasteiger partial charge in [-0.05, 0) is 5.56 Å². The van der Waals surface area contributed by atoms with Crippen molar-refractivity contribution in [1.29, 1.82) is 0 Å². The Balaban J connectivity index is 2.01. The lowest BCUT2D eigenvalue weighted by Gasteiger charge is -2.02. The third-order valence-corrected chi connectivity index (χ3v) is 2.41. The molecule has 2 aromatic heterocycles. The third-order valence-electron chi connectivity index (χ3n) is 2.41. The summed E-state index contributed by atoms with van der Waals surface area (Å²) in [6, 6.07) is 10.2. The number of fused-ring (bicyclic) bond motifs is 1. The van der Waals surface area contributed by atoms with Gasteiger partial charge in [0.25, 0.3) is 0 Å². The number of nitrogens with zero attached hydrogens (tertiary/aromatic N) is 4. The van der Waals surface area contributed by atoms with Crippen LogP contribution in [-0.4, -0.2) is 19.7 Å². The summed E-state index contributed by atoms with van der Waals surface area (Å²) in [7, 11) is 0. The van der Waals surface area contributed by atoms with Crippen LogP contribution in [0.4, 0.5) is 0 Å². The monoisotopic (exact) mass is 209 g/mol. The van der Waals surface area contributed by atoms with E-state index in [-0.39, 0.29) is 0 Å². The average Bonchev–Trinajstić information content (AvgIpc) is 2.74. The van der Waals surface area contributed by atoms with Crippen LogP contribution < -0.4 is 0 Å². The Morgan fingerprint density at radius 2 is 2.06 bits per heavy atom. The summed E-state index contributed by atoms with van der Waals surface area (Å²) in [6.45, 7) is 0.717. The second-order valence-electron chi connectivity index (χ2n) is 3.51. The molecule has 0 atom stereocenters. The van der Waals surface area contributed by atoms with Gasteiger partial charge in [0.05, 0.1) is 18.1 Å². The van der Waals surface area contributed by atoms with E-state index in [2.05, 4.69) is 33.4 Å². The van der Waals surface area contributed by atoms with Crippen molar-refractivity contribution >= 4 is 11.0 Å². The van der Waals surface area contributed by atoms with E-state index in [1.807, 2.05) is 22.9 Å². The van der Waals surface area contributed by atoms with Crippen LogP contribution in [0.15, 0.2) is 42.9 Å².